The first-order valence-electron chi connectivity index (χ1n) is 6.32. The quantitative estimate of drug-likeness (QED) is 0.497. The molecule has 1 aromatic rings. The second-order valence-corrected chi connectivity index (χ2v) is 4.99. The Kier molecular flexibility index (Phi) is 3.41. The molecule has 2 N–H and O–H groups in total. The van der Waals surface area contributed by atoms with E-state index in [0.29, 0.717) is 17.4 Å². The fourth-order valence-electron chi connectivity index (χ4n) is 2.53. The number of nitrogen functional groups attached to an aromatic ring is 1. The summed E-state index contributed by atoms with van der Waals surface area (Å²) in [6.07, 6.45) is 3.34. The molecule has 0 spiro atoms. The van der Waals surface area contributed by atoms with Gasteiger partial charge in [0.05, 0.1) is 4.92 Å². The van der Waals surface area contributed by atoms with E-state index in [0.717, 1.165) is 24.9 Å². The summed E-state index contributed by atoms with van der Waals surface area (Å²) < 4.78 is 0. The molecule has 0 bridgehead atoms. The summed E-state index contributed by atoms with van der Waals surface area (Å²) >= 11 is 0. The molecule has 1 atom stereocenters. The van der Waals surface area contributed by atoms with E-state index in [1.807, 2.05) is 0 Å². The molecule has 5 heteroatoms. The standard InChI is InChI=1S/C13H19N3O2/c1-9-7-13(16(17)18)12(8-11(9)14)15-6-4-3-5-10(15)2/h7-8,10H,3-6,14H2,1-2H3. The highest BCUT2D eigenvalue weighted by Gasteiger charge is 2.26. The van der Waals surface area contributed by atoms with E-state index >= 15 is 0 Å². The predicted molar refractivity (Wildman–Crippen MR) is 72.9 cm³/mol. The molecule has 18 heavy (non-hydrogen) atoms. The van der Waals surface area contributed by atoms with Gasteiger partial charge in [-0.05, 0) is 44.7 Å². The lowest BCUT2D eigenvalue weighted by atomic mass is 10.0. The molecule has 1 heterocycles. The largest absolute Gasteiger partial charge is 0.398 e. The van der Waals surface area contributed by atoms with Crippen molar-refractivity contribution >= 4 is 17.1 Å². The van der Waals surface area contributed by atoms with Gasteiger partial charge in [0.1, 0.15) is 5.69 Å². The SMILES string of the molecule is Cc1cc([N+](=O)[O-])c(N2CCCCC2C)cc1N. The number of piperidine rings is 1. The highest BCUT2D eigenvalue weighted by Crippen LogP contribution is 2.35. The van der Waals surface area contributed by atoms with Crippen molar-refractivity contribution in [3.05, 3.63) is 27.8 Å². The number of hydrogen-bond acceptors (Lipinski definition) is 4. The maximum absolute atomic E-state index is 11.2. The molecule has 1 aliphatic heterocycles. The molecule has 1 unspecified atom stereocenters. The molecule has 98 valence electrons. The monoisotopic (exact) mass is 249 g/mol. The van der Waals surface area contributed by atoms with Gasteiger partial charge < -0.3 is 10.6 Å². The third-order valence-electron chi connectivity index (χ3n) is 3.67. The summed E-state index contributed by atoms with van der Waals surface area (Å²) in [7, 11) is 0. The van der Waals surface area contributed by atoms with Crippen LogP contribution >= 0.6 is 0 Å². The van der Waals surface area contributed by atoms with E-state index in [-0.39, 0.29) is 10.6 Å². The van der Waals surface area contributed by atoms with Gasteiger partial charge in [-0.2, -0.15) is 0 Å². The predicted octanol–water partition coefficient (Wildman–Crippen LogP) is 2.86. The van der Waals surface area contributed by atoms with Crippen LogP contribution in [0.5, 0.6) is 0 Å². The molecule has 5 nitrogen and oxygen atoms in total. The Morgan fingerprint density at radius 1 is 1.44 bits per heavy atom. The van der Waals surface area contributed by atoms with Crippen molar-refractivity contribution in [2.45, 2.75) is 39.2 Å². The molecule has 0 aliphatic carbocycles. The Balaban J connectivity index is 2.47. The van der Waals surface area contributed by atoms with Crippen LogP contribution in [-0.2, 0) is 0 Å². The van der Waals surface area contributed by atoms with E-state index in [2.05, 4.69) is 11.8 Å². The lowest BCUT2D eigenvalue weighted by Gasteiger charge is -2.35. The molecule has 1 aliphatic rings. The molecule has 1 saturated heterocycles. The van der Waals surface area contributed by atoms with Gasteiger partial charge in [0, 0.05) is 24.3 Å². The third kappa shape index (κ3) is 2.25. The number of aryl methyl sites for hydroxylation is 1. The lowest BCUT2D eigenvalue weighted by Crippen LogP contribution is -2.37. The van der Waals surface area contributed by atoms with E-state index in [1.165, 1.54) is 6.42 Å². The van der Waals surface area contributed by atoms with Crippen LogP contribution in [0.4, 0.5) is 17.1 Å². The number of nitrogens with zero attached hydrogens (tertiary/aromatic N) is 2. The van der Waals surface area contributed by atoms with Gasteiger partial charge in [-0.15, -0.1) is 0 Å². The van der Waals surface area contributed by atoms with Crippen LogP contribution < -0.4 is 10.6 Å². The highest BCUT2D eigenvalue weighted by atomic mass is 16.6. The second kappa shape index (κ2) is 4.84. The molecule has 2 rings (SSSR count). The van der Waals surface area contributed by atoms with Crippen LogP contribution in [0.15, 0.2) is 12.1 Å². The molecule has 0 radical (unpaired) electrons. The van der Waals surface area contributed by atoms with Crippen LogP contribution in [0.25, 0.3) is 0 Å². The van der Waals surface area contributed by atoms with E-state index in [4.69, 9.17) is 5.73 Å². The Morgan fingerprint density at radius 3 is 2.78 bits per heavy atom. The van der Waals surface area contributed by atoms with Gasteiger partial charge in [0.2, 0.25) is 0 Å². The first-order valence-corrected chi connectivity index (χ1v) is 6.32. The molecule has 1 fully saturated rings. The molecule has 0 saturated carbocycles. The van der Waals surface area contributed by atoms with E-state index in [1.54, 1.807) is 19.1 Å². The van der Waals surface area contributed by atoms with E-state index < -0.39 is 0 Å². The second-order valence-electron chi connectivity index (χ2n) is 4.99. The zero-order chi connectivity index (χ0) is 13.3. The molecule has 0 aromatic heterocycles. The van der Waals surface area contributed by atoms with Crippen molar-refractivity contribution in [2.75, 3.05) is 17.2 Å². The van der Waals surface area contributed by atoms with Crippen LogP contribution in [0.3, 0.4) is 0 Å². The fraction of sp³-hybridized carbons (Fsp3) is 0.538. The zero-order valence-corrected chi connectivity index (χ0v) is 10.8. The number of nitro groups is 1. The van der Waals surface area contributed by atoms with Crippen molar-refractivity contribution in [2.24, 2.45) is 0 Å². The van der Waals surface area contributed by atoms with Gasteiger partial charge in [0.25, 0.3) is 5.69 Å². The van der Waals surface area contributed by atoms with Crippen molar-refractivity contribution in [1.82, 2.24) is 0 Å². The highest BCUT2D eigenvalue weighted by molar-refractivity contribution is 5.71. The van der Waals surface area contributed by atoms with Gasteiger partial charge in [0.15, 0.2) is 0 Å². The number of nitro benzene ring substituents is 1. The Morgan fingerprint density at radius 2 is 2.17 bits per heavy atom. The Labute approximate surface area is 107 Å². The molecular formula is C13H19N3O2. The number of anilines is 2. The van der Waals surface area contributed by atoms with Crippen molar-refractivity contribution in [3.63, 3.8) is 0 Å². The summed E-state index contributed by atoms with van der Waals surface area (Å²) in [5, 5.41) is 11.2. The number of nitrogens with two attached hydrogens (primary N) is 1. The smallest absolute Gasteiger partial charge is 0.292 e. The third-order valence-corrected chi connectivity index (χ3v) is 3.67. The topological polar surface area (TPSA) is 72.4 Å². The zero-order valence-electron chi connectivity index (χ0n) is 10.8. The van der Waals surface area contributed by atoms with Crippen molar-refractivity contribution < 1.29 is 4.92 Å². The fourth-order valence-corrected chi connectivity index (χ4v) is 2.53. The molecular weight excluding hydrogens is 230 g/mol. The van der Waals surface area contributed by atoms with Crippen LogP contribution in [0, 0.1) is 17.0 Å². The summed E-state index contributed by atoms with van der Waals surface area (Å²) in [6, 6.07) is 3.65. The summed E-state index contributed by atoms with van der Waals surface area (Å²) in [5.74, 6) is 0. The van der Waals surface area contributed by atoms with Crippen molar-refractivity contribution in [1.29, 1.82) is 0 Å². The maximum Gasteiger partial charge on any atom is 0.292 e. The Hall–Kier alpha value is -1.78. The summed E-state index contributed by atoms with van der Waals surface area (Å²) in [5.41, 5.74) is 8.10. The Bertz CT molecular complexity index is 474. The minimum absolute atomic E-state index is 0.162. The molecule has 1 aromatic carbocycles. The van der Waals surface area contributed by atoms with Crippen LogP contribution in [0.2, 0.25) is 0 Å². The number of rotatable bonds is 2. The minimum Gasteiger partial charge on any atom is -0.398 e. The molecule has 0 amide bonds. The average molecular weight is 249 g/mol. The van der Waals surface area contributed by atoms with Crippen LogP contribution in [0.1, 0.15) is 31.7 Å². The van der Waals surface area contributed by atoms with Gasteiger partial charge in [-0.25, -0.2) is 0 Å². The van der Waals surface area contributed by atoms with Crippen LogP contribution in [-0.4, -0.2) is 17.5 Å². The summed E-state index contributed by atoms with van der Waals surface area (Å²) in [4.78, 5) is 13.0. The lowest BCUT2D eigenvalue weighted by molar-refractivity contribution is -0.384. The number of hydrogen-bond donors (Lipinski definition) is 1. The minimum atomic E-state index is -0.316. The average Bonchev–Trinajstić information content (AvgIpc) is 2.32. The number of benzene rings is 1. The normalized spacial score (nSPS) is 19.9. The van der Waals surface area contributed by atoms with Gasteiger partial charge >= 0.3 is 0 Å². The van der Waals surface area contributed by atoms with Gasteiger partial charge in [-0.1, -0.05) is 0 Å². The summed E-state index contributed by atoms with van der Waals surface area (Å²) in [6.45, 7) is 4.77. The van der Waals surface area contributed by atoms with Crippen molar-refractivity contribution in [3.8, 4) is 0 Å². The van der Waals surface area contributed by atoms with Gasteiger partial charge in [-0.3, -0.25) is 10.1 Å². The first-order chi connectivity index (χ1) is 8.50. The van der Waals surface area contributed by atoms with E-state index in [9.17, 15) is 10.1 Å². The first kappa shape index (κ1) is 12.7. The maximum atomic E-state index is 11.2.